The maximum atomic E-state index is 5.99. The van der Waals surface area contributed by atoms with E-state index in [1.54, 1.807) is 0 Å². The van der Waals surface area contributed by atoms with Crippen molar-refractivity contribution in [2.45, 2.75) is 32.6 Å². The Balaban J connectivity index is 2.24. The third-order valence-electron chi connectivity index (χ3n) is 2.61. The van der Waals surface area contributed by atoms with E-state index in [0.29, 0.717) is 0 Å². The molecule has 1 aliphatic heterocycles. The lowest BCUT2D eigenvalue weighted by molar-refractivity contribution is -0.0369. The molecule has 2 heteroatoms. The Hall–Kier alpha value is -1.28. The van der Waals surface area contributed by atoms with E-state index in [4.69, 9.17) is 4.74 Å². The fourth-order valence-electron chi connectivity index (χ4n) is 1.88. The van der Waals surface area contributed by atoms with Crippen LogP contribution in [0, 0.1) is 0 Å². The Kier molecular flexibility index (Phi) is 2.76. The molecule has 1 aliphatic rings. The van der Waals surface area contributed by atoms with E-state index in [1.807, 2.05) is 0 Å². The smallest absolute Gasteiger partial charge is 0.150 e. The average Bonchev–Trinajstić information content (AvgIpc) is 2.21. The predicted molar refractivity (Wildman–Crippen MR) is 68.5 cm³/mol. The highest BCUT2D eigenvalue weighted by atomic mass is 16.5. The molecule has 0 N–H and O–H groups in total. The number of anilines is 1. The highest BCUT2D eigenvalue weighted by Crippen LogP contribution is 2.29. The largest absolute Gasteiger partial charge is 0.349 e. The van der Waals surface area contributed by atoms with Crippen molar-refractivity contribution in [3.05, 3.63) is 35.9 Å². The van der Waals surface area contributed by atoms with Gasteiger partial charge in [-0.15, -0.1) is 0 Å². The van der Waals surface area contributed by atoms with Crippen LogP contribution in [0.5, 0.6) is 0 Å². The molecule has 0 amide bonds. The molecule has 0 aromatic heterocycles. The number of likely N-dealkylation sites (N-methyl/N-ethyl adjacent to an activating group) is 1. The predicted octanol–water partition coefficient (Wildman–Crippen LogP) is 3.29. The lowest BCUT2D eigenvalue weighted by Crippen LogP contribution is -2.39. The zero-order chi connectivity index (χ0) is 11.8. The average molecular weight is 217 g/mol. The van der Waals surface area contributed by atoms with Crippen molar-refractivity contribution in [1.82, 2.24) is 0 Å². The monoisotopic (exact) mass is 217 g/mol. The van der Waals surface area contributed by atoms with Crippen LogP contribution in [-0.2, 0) is 4.74 Å². The van der Waals surface area contributed by atoms with E-state index in [0.717, 1.165) is 0 Å². The van der Waals surface area contributed by atoms with Crippen LogP contribution < -0.4 is 4.90 Å². The number of hydrogen-bond acceptors (Lipinski definition) is 2. The summed E-state index contributed by atoms with van der Waals surface area (Å²) < 4.78 is 5.99. The molecule has 0 aliphatic carbocycles. The number of rotatable bonds is 1. The van der Waals surface area contributed by atoms with Crippen LogP contribution in [0.4, 0.5) is 5.69 Å². The summed E-state index contributed by atoms with van der Waals surface area (Å²) in [4.78, 5) is 2.17. The van der Waals surface area contributed by atoms with Gasteiger partial charge in [0.15, 0.2) is 0 Å². The number of benzene rings is 1. The van der Waals surface area contributed by atoms with Gasteiger partial charge in [-0.1, -0.05) is 24.3 Å². The lowest BCUT2D eigenvalue weighted by Gasteiger charge is -2.36. The second kappa shape index (κ2) is 3.95. The van der Waals surface area contributed by atoms with Gasteiger partial charge >= 0.3 is 0 Å². The van der Waals surface area contributed by atoms with Crippen LogP contribution in [0.25, 0.3) is 6.08 Å². The van der Waals surface area contributed by atoms with Crippen molar-refractivity contribution in [3.63, 3.8) is 0 Å². The van der Waals surface area contributed by atoms with Crippen LogP contribution in [0.1, 0.15) is 26.3 Å². The van der Waals surface area contributed by atoms with E-state index in [-0.39, 0.29) is 11.8 Å². The van der Waals surface area contributed by atoms with Gasteiger partial charge in [-0.05, 0) is 38.5 Å². The summed E-state index contributed by atoms with van der Waals surface area (Å²) in [5.41, 5.74) is 2.34. The molecule has 0 radical (unpaired) electrons. The van der Waals surface area contributed by atoms with Gasteiger partial charge in [-0.25, -0.2) is 0 Å². The normalized spacial score (nSPS) is 19.8. The zero-order valence-electron chi connectivity index (χ0n) is 10.4. The highest BCUT2D eigenvalue weighted by Gasteiger charge is 2.23. The zero-order valence-corrected chi connectivity index (χ0v) is 10.4. The first-order chi connectivity index (χ1) is 7.47. The second-order valence-electron chi connectivity index (χ2n) is 5.15. The maximum Gasteiger partial charge on any atom is 0.150 e. The Morgan fingerprint density at radius 1 is 1.19 bits per heavy atom. The lowest BCUT2D eigenvalue weighted by atomic mass is 10.1. The number of hydrogen-bond donors (Lipinski definition) is 0. The van der Waals surface area contributed by atoms with E-state index in [9.17, 15) is 0 Å². The summed E-state index contributed by atoms with van der Waals surface area (Å²) in [5, 5.41) is 0. The summed E-state index contributed by atoms with van der Waals surface area (Å²) in [7, 11) is 2.07. The molecule has 0 spiro atoms. The van der Waals surface area contributed by atoms with E-state index >= 15 is 0 Å². The van der Waals surface area contributed by atoms with Crippen molar-refractivity contribution >= 4 is 11.8 Å². The molecule has 2 nitrogen and oxygen atoms in total. The van der Waals surface area contributed by atoms with Gasteiger partial charge in [0.05, 0.1) is 5.60 Å². The minimum absolute atomic E-state index is 0.0231. The van der Waals surface area contributed by atoms with Gasteiger partial charge < -0.3 is 9.64 Å². The van der Waals surface area contributed by atoms with Crippen molar-refractivity contribution in [3.8, 4) is 0 Å². The molecule has 1 aromatic rings. The van der Waals surface area contributed by atoms with Crippen molar-refractivity contribution < 1.29 is 4.74 Å². The molecule has 1 aromatic carbocycles. The topological polar surface area (TPSA) is 12.5 Å². The molecule has 0 saturated heterocycles. The van der Waals surface area contributed by atoms with Crippen LogP contribution >= 0.6 is 0 Å². The summed E-state index contributed by atoms with van der Waals surface area (Å²) >= 11 is 0. The maximum absolute atomic E-state index is 5.99. The molecule has 16 heavy (non-hydrogen) atoms. The minimum atomic E-state index is -0.129. The molecule has 2 rings (SSSR count). The Labute approximate surface area is 97.5 Å². The molecule has 0 bridgehead atoms. The molecule has 86 valence electrons. The van der Waals surface area contributed by atoms with E-state index < -0.39 is 0 Å². The molecule has 1 unspecified atom stereocenters. The minimum Gasteiger partial charge on any atom is -0.349 e. The molecule has 1 atom stereocenters. The summed E-state index contributed by atoms with van der Waals surface area (Å²) in [6.45, 7) is 6.24. The van der Waals surface area contributed by atoms with Crippen molar-refractivity contribution in [2.24, 2.45) is 0 Å². The van der Waals surface area contributed by atoms with Gasteiger partial charge in [0, 0.05) is 12.7 Å². The third-order valence-corrected chi connectivity index (χ3v) is 2.61. The van der Waals surface area contributed by atoms with Crippen LogP contribution in [0.3, 0.4) is 0 Å². The van der Waals surface area contributed by atoms with Crippen molar-refractivity contribution in [1.29, 1.82) is 0 Å². The van der Waals surface area contributed by atoms with Gasteiger partial charge in [-0.2, -0.15) is 0 Å². The van der Waals surface area contributed by atoms with Gasteiger partial charge in [-0.3, -0.25) is 0 Å². The Morgan fingerprint density at radius 3 is 2.56 bits per heavy atom. The fraction of sp³-hybridized carbons (Fsp3) is 0.429. The van der Waals surface area contributed by atoms with Crippen LogP contribution in [0.15, 0.2) is 30.3 Å². The summed E-state index contributed by atoms with van der Waals surface area (Å²) in [6.07, 6.45) is 4.26. The SMILES string of the molecule is CN1c2ccccc2C=CC1OC(C)(C)C. The van der Waals surface area contributed by atoms with E-state index in [1.165, 1.54) is 11.3 Å². The van der Waals surface area contributed by atoms with E-state index in [2.05, 4.69) is 69.1 Å². The van der Waals surface area contributed by atoms with Crippen LogP contribution in [0.2, 0.25) is 0 Å². The summed E-state index contributed by atoms with van der Waals surface area (Å²) in [5.74, 6) is 0. The first kappa shape index (κ1) is 11.2. The standard InChI is InChI=1S/C14H19NO/c1-14(2,3)16-13-10-9-11-7-5-6-8-12(11)15(13)4/h5-10,13H,1-4H3. The Bertz CT molecular complexity index is 403. The molecular formula is C14H19NO. The first-order valence-electron chi connectivity index (χ1n) is 5.65. The van der Waals surface area contributed by atoms with Gasteiger partial charge in [0.2, 0.25) is 0 Å². The number of nitrogens with zero attached hydrogens (tertiary/aromatic N) is 1. The number of para-hydroxylation sites is 1. The molecule has 0 saturated carbocycles. The highest BCUT2D eigenvalue weighted by molar-refractivity contribution is 5.71. The molecule has 1 heterocycles. The third kappa shape index (κ3) is 2.27. The van der Waals surface area contributed by atoms with Crippen molar-refractivity contribution in [2.75, 3.05) is 11.9 Å². The van der Waals surface area contributed by atoms with Gasteiger partial charge in [0.1, 0.15) is 6.23 Å². The first-order valence-corrected chi connectivity index (χ1v) is 5.65. The number of fused-ring (bicyclic) bond motifs is 1. The number of ether oxygens (including phenoxy) is 1. The molecule has 0 fully saturated rings. The van der Waals surface area contributed by atoms with Crippen LogP contribution in [-0.4, -0.2) is 18.9 Å². The molecular weight excluding hydrogens is 198 g/mol. The quantitative estimate of drug-likeness (QED) is 0.715. The Morgan fingerprint density at radius 2 is 1.88 bits per heavy atom. The summed E-state index contributed by atoms with van der Waals surface area (Å²) in [6, 6.07) is 8.36. The fourth-order valence-corrected chi connectivity index (χ4v) is 1.88. The van der Waals surface area contributed by atoms with Gasteiger partial charge in [0.25, 0.3) is 0 Å². The second-order valence-corrected chi connectivity index (χ2v) is 5.15.